The third-order valence-corrected chi connectivity index (χ3v) is 3.19. The van der Waals surface area contributed by atoms with Gasteiger partial charge in [-0.15, -0.1) is 0 Å². The predicted octanol–water partition coefficient (Wildman–Crippen LogP) is 0.672. The quantitative estimate of drug-likeness (QED) is 0.630. The van der Waals surface area contributed by atoms with Crippen molar-refractivity contribution in [2.75, 3.05) is 13.2 Å². The zero-order valence-corrected chi connectivity index (χ0v) is 7.58. The number of nitrogens with two attached hydrogens (primary N) is 1. The molecular weight excluding hydrogens is 154 g/mol. The second-order valence-corrected chi connectivity index (χ2v) is 3.84. The number of hydrogen-bond donors (Lipinski definition) is 1. The van der Waals surface area contributed by atoms with Crippen LogP contribution >= 0.6 is 0 Å². The Hall–Kier alpha value is -0.120. The van der Waals surface area contributed by atoms with Crippen molar-refractivity contribution < 1.29 is 9.47 Å². The van der Waals surface area contributed by atoms with E-state index in [1.807, 2.05) is 0 Å². The van der Waals surface area contributed by atoms with E-state index in [4.69, 9.17) is 15.2 Å². The standard InChI is InChI=1S/C9H17NO2/c1-7-9(4-5-11-7)3-2-8(6-10)12-9/h7-8H,2-6,10H2,1H3/t7-,8-,9-/m0/s1. The molecule has 0 aromatic rings. The molecule has 12 heavy (non-hydrogen) atoms. The first-order valence-electron chi connectivity index (χ1n) is 4.76. The Kier molecular flexibility index (Phi) is 2.10. The second kappa shape index (κ2) is 2.98. The molecule has 0 radical (unpaired) electrons. The molecule has 1 spiro atoms. The van der Waals surface area contributed by atoms with Crippen LogP contribution in [0.1, 0.15) is 26.2 Å². The zero-order valence-electron chi connectivity index (χ0n) is 7.58. The number of hydrogen-bond acceptors (Lipinski definition) is 3. The summed E-state index contributed by atoms with van der Waals surface area (Å²) in [5, 5.41) is 0. The monoisotopic (exact) mass is 171 g/mol. The molecule has 3 atom stereocenters. The molecule has 3 heteroatoms. The van der Waals surface area contributed by atoms with E-state index in [2.05, 4.69) is 6.92 Å². The smallest absolute Gasteiger partial charge is 0.0967 e. The molecule has 2 aliphatic rings. The lowest BCUT2D eigenvalue weighted by atomic mass is 9.93. The van der Waals surface area contributed by atoms with Crippen LogP contribution in [0, 0.1) is 0 Å². The van der Waals surface area contributed by atoms with Crippen molar-refractivity contribution >= 4 is 0 Å². The minimum Gasteiger partial charge on any atom is -0.375 e. The SMILES string of the molecule is C[C@@H]1OCC[C@@]12CC[C@@H](CN)O2. The molecule has 2 aliphatic heterocycles. The fourth-order valence-corrected chi connectivity index (χ4v) is 2.27. The lowest BCUT2D eigenvalue weighted by Gasteiger charge is -2.27. The molecule has 0 unspecified atom stereocenters. The van der Waals surface area contributed by atoms with Crippen molar-refractivity contribution in [3.05, 3.63) is 0 Å². The van der Waals surface area contributed by atoms with Crippen LogP contribution in [0.15, 0.2) is 0 Å². The molecular formula is C9H17NO2. The van der Waals surface area contributed by atoms with Crippen molar-refractivity contribution in [3.63, 3.8) is 0 Å². The summed E-state index contributed by atoms with van der Waals surface area (Å²) in [6.45, 7) is 3.60. The normalized spacial score (nSPS) is 47.5. The molecule has 0 saturated carbocycles. The van der Waals surface area contributed by atoms with Gasteiger partial charge in [0.15, 0.2) is 0 Å². The van der Waals surface area contributed by atoms with E-state index in [1.165, 1.54) is 0 Å². The Bertz CT molecular complexity index is 174. The molecule has 0 aliphatic carbocycles. The lowest BCUT2D eigenvalue weighted by molar-refractivity contribution is -0.0753. The van der Waals surface area contributed by atoms with Crippen molar-refractivity contribution in [3.8, 4) is 0 Å². The molecule has 3 nitrogen and oxygen atoms in total. The van der Waals surface area contributed by atoms with Crippen LogP contribution in [-0.2, 0) is 9.47 Å². The van der Waals surface area contributed by atoms with Crippen LogP contribution in [-0.4, -0.2) is 31.0 Å². The third kappa shape index (κ3) is 1.16. The van der Waals surface area contributed by atoms with Gasteiger partial charge < -0.3 is 15.2 Å². The fourth-order valence-electron chi connectivity index (χ4n) is 2.27. The van der Waals surface area contributed by atoms with Gasteiger partial charge in [-0.1, -0.05) is 0 Å². The molecule has 0 bridgehead atoms. The van der Waals surface area contributed by atoms with Crippen molar-refractivity contribution in [1.29, 1.82) is 0 Å². The van der Waals surface area contributed by atoms with Crippen molar-refractivity contribution in [2.24, 2.45) is 5.73 Å². The Balaban J connectivity index is 2.04. The summed E-state index contributed by atoms with van der Waals surface area (Å²) in [4.78, 5) is 0. The van der Waals surface area contributed by atoms with E-state index in [0.29, 0.717) is 6.54 Å². The van der Waals surface area contributed by atoms with Crippen molar-refractivity contribution in [1.82, 2.24) is 0 Å². The summed E-state index contributed by atoms with van der Waals surface area (Å²) < 4.78 is 11.4. The summed E-state index contributed by atoms with van der Waals surface area (Å²) in [5.74, 6) is 0. The van der Waals surface area contributed by atoms with Gasteiger partial charge in [-0.3, -0.25) is 0 Å². The first-order chi connectivity index (χ1) is 5.77. The van der Waals surface area contributed by atoms with Gasteiger partial charge >= 0.3 is 0 Å². The van der Waals surface area contributed by atoms with Gasteiger partial charge in [-0.2, -0.15) is 0 Å². The van der Waals surface area contributed by atoms with Gasteiger partial charge in [0.05, 0.1) is 17.8 Å². The predicted molar refractivity (Wildman–Crippen MR) is 45.9 cm³/mol. The summed E-state index contributed by atoms with van der Waals surface area (Å²) >= 11 is 0. The Labute approximate surface area is 73.2 Å². The summed E-state index contributed by atoms with van der Waals surface area (Å²) in [5.41, 5.74) is 5.58. The van der Waals surface area contributed by atoms with E-state index in [9.17, 15) is 0 Å². The third-order valence-electron chi connectivity index (χ3n) is 3.19. The molecule has 70 valence electrons. The van der Waals surface area contributed by atoms with Crippen LogP contribution in [0.2, 0.25) is 0 Å². The topological polar surface area (TPSA) is 44.5 Å². The van der Waals surface area contributed by atoms with Crippen LogP contribution in [0.25, 0.3) is 0 Å². The van der Waals surface area contributed by atoms with E-state index in [0.717, 1.165) is 25.9 Å². The maximum absolute atomic E-state index is 5.92. The highest BCUT2D eigenvalue weighted by Gasteiger charge is 2.47. The highest BCUT2D eigenvalue weighted by molar-refractivity contribution is 4.97. The van der Waals surface area contributed by atoms with E-state index < -0.39 is 0 Å². The molecule has 2 heterocycles. The molecule has 0 amide bonds. The Morgan fingerprint density at radius 2 is 2.33 bits per heavy atom. The zero-order chi connectivity index (χ0) is 8.60. The van der Waals surface area contributed by atoms with Crippen LogP contribution in [0.3, 0.4) is 0 Å². The Morgan fingerprint density at radius 1 is 1.50 bits per heavy atom. The van der Waals surface area contributed by atoms with Gasteiger partial charge in [0.1, 0.15) is 0 Å². The van der Waals surface area contributed by atoms with E-state index in [1.54, 1.807) is 0 Å². The molecule has 2 saturated heterocycles. The van der Waals surface area contributed by atoms with Gasteiger partial charge in [-0.05, 0) is 19.8 Å². The van der Waals surface area contributed by atoms with Crippen molar-refractivity contribution in [2.45, 2.75) is 44.0 Å². The van der Waals surface area contributed by atoms with E-state index in [-0.39, 0.29) is 17.8 Å². The first kappa shape index (κ1) is 8.48. The van der Waals surface area contributed by atoms with Crippen LogP contribution < -0.4 is 5.73 Å². The fraction of sp³-hybridized carbons (Fsp3) is 1.00. The second-order valence-electron chi connectivity index (χ2n) is 3.84. The average molecular weight is 171 g/mol. The maximum Gasteiger partial charge on any atom is 0.0967 e. The number of ether oxygens (including phenoxy) is 2. The summed E-state index contributed by atoms with van der Waals surface area (Å²) in [6, 6.07) is 0. The van der Waals surface area contributed by atoms with Gasteiger partial charge in [0.25, 0.3) is 0 Å². The molecule has 0 aromatic carbocycles. The molecule has 0 aromatic heterocycles. The largest absolute Gasteiger partial charge is 0.375 e. The minimum atomic E-state index is 0.0179. The van der Waals surface area contributed by atoms with Gasteiger partial charge in [-0.25, -0.2) is 0 Å². The average Bonchev–Trinajstić information content (AvgIpc) is 2.63. The summed E-state index contributed by atoms with van der Waals surface area (Å²) in [7, 11) is 0. The molecule has 2 rings (SSSR count). The lowest BCUT2D eigenvalue weighted by Crippen LogP contribution is -2.37. The van der Waals surface area contributed by atoms with Crippen LogP contribution in [0.4, 0.5) is 0 Å². The molecule has 2 N–H and O–H groups in total. The first-order valence-corrected chi connectivity index (χ1v) is 4.76. The van der Waals surface area contributed by atoms with Gasteiger partial charge in [0.2, 0.25) is 0 Å². The molecule has 2 fully saturated rings. The van der Waals surface area contributed by atoms with Crippen LogP contribution in [0.5, 0.6) is 0 Å². The Morgan fingerprint density at radius 3 is 2.83 bits per heavy atom. The highest BCUT2D eigenvalue weighted by atomic mass is 16.6. The number of rotatable bonds is 1. The van der Waals surface area contributed by atoms with Gasteiger partial charge in [0, 0.05) is 19.6 Å². The maximum atomic E-state index is 5.92. The highest BCUT2D eigenvalue weighted by Crippen LogP contribution is 2.40. The summed E-state index contributed by atoms with van der Waals surface area (Å²) in [6.07, 6.45) is 3.80. The minimum absolute atomic E-state index is 0.0179. The van der Waals surface area contributed by atoms with E-state index >= 15 is 0 Å².